The number of alkyl carbamates (subject to hydrolysis) is 5. The van der Waals surface area contributed by atoms with Crippen LogP contribution in [-0.4, -0.2) is 123 Å². The quantitative estimate of drug-likeness (QED) is 0.0300. The lowest BCUT2D eigenvalue weighted by atomic mass is 9.67. The lowest BCUT2D eigenvalue weighted by molar-refractivity contribution is -0.0534. The van der Waals surface area contributed by atoms with Crippen LogP contribution in [0.4, 0.5) is 28.8 Å². The van der Waals surface area contributed by atoms with Crippen molar-refractivity contribution in [3.8, 4) is 0 Å². The molecule has 0 saturated heterocycles. The molecule has 0 aliphatic heterocycles. The SMILES string of the molecule is CCCC(NC(=O)OC(C)(C)C)C(NC(=O)OC(C)(C)C)(C(CCCCCCO)CN(C(=O)OC(C)(C)C)C(CCC)(NC(=O)OC(C)(C)C)C(CC)NC(=O)OC(C)(C)C)C(CC)NC(=O)OC(C)(C)C. The summed E-state index contributed by atoms with van der Waals surface area (Å²) in [6.45, 7) is 37.8. The second-order valence-corrected chi connectivity index (χ2v) is 24.8. The largest absolute Gasteiger partial charge is 0.444 e. The van der Waals surface area contributed by atoms with E-state index in [0.717, 1.165) is 0 Å². The van der Waals surface area contributed by atoms with Crippen LogP contribution in [0.15, 0.2) is 0 Å². The predicted molar refractivity (Wildman–Crippen MR) is 281 cm³/mol. The minimum Gasteiger partial charge on any atom is -0.444 e. The van der Waals surface area contributed by atoms with Crippen LogP contribution >= 0.6 is 0 Å². The van der Waals surface area contributed by atoms with E-state index in [1.807, 2.05) is 20.8 Å². The topological polar surface area (TPSA) is 241 Å². The third-order valence-corrected chi connectivity index (χ3v) is 10.9. The van der Waals surface area contributed by atoms with Crippen LogP contribution in [0.25, 0.3) is 0 Å². The molecule has 422 valence electrons. The van der Waals surface area contributed by atoms with Gasteiger partial charge in [0.25, 0.3) is 0 Å². The Bertz CT molecular complexity index is 1700. The van der Waals surface area contributed by atoms with E-state index < -0.39 is 105 Å². The van der Waals surface area contributed by atoms with E-state index >= 15 is 4.79 Å². The van der Waals surface area contributed by atoms with Crippen LogP contribution < -0.4 is 26.6 Å². The molecule has 19 nitrogen and oxygen atoms in total. The molecule has 19 heteroatoms. The zero-order chi connectivity index (χ0) is 56.3. The fourth-order valence-corrected chi connectivity index (χ4v) is 8.61. The summed E-state index contributed by atoms with van der Waals surface area (Å²) in [4.78, 5) is 88.8. The lowest BCUT2D eigenvalue weighted by Crippen LogP contribution is -2.78. The number of aliphatic hydroxyl groups excluding tert-OH is 1. The van der Waals surface area contributed by atoms with Gasteiger partial charge in [0.2, 0.25) is 0 Å². The minimum atomic E-state index is -1.86. The molecule has 0 bridgehead atoms. The van der Waals surface area contributed by atoms with Crippen LogP contribution in [0.1, 0.15) is 223 Å². The van der Waals surface area contributed by atoms with E-state index in [1.165, 1.54) is 4.90 Å². The number of aliphatic hydroxyl groups is 1. The van der Waals surface area contributed by atoms with Gasteiger partial charge in [0.1, 0.15) is 39.3 Å². The number of carbonyl (C=O) groups excluding carboxylic acids is 6. The maximum absolute atomic E-state index is 15.6. The summed E-state index contributed by atoms with van der Waals surface area (Å²) in [6.07, 6.45) is -1.47. The van der Waals surface area contributed by atoms with E-state index in [0.29, 0.717) is 38.5 Å². The van der Waals surface area contributed by atoms with Gasteiger partial charge in [0, 0.05) is 19.1 Å². The highest BCUT2D eigenvalue weighted by molar-refractivity contribution is 5.75. The predicted octanol–water partition coefficient (Wildman–Crippen LogP) is 11.4. The molecule has 0 spiro atoms. The van der Waals surface area contributed by atoms with Crippen LogP contribution in [0, 0.1) is 5.92 Å². The summed E-state index contributed by atoms with van der Waals surface area (Å²) < 4.78 is 35.8. The summed E-state index contributed by atoms with van der Waals surface area (Å²) in [5.74, 6) is -0.992. The molecule has 0 aromatic rings. The Labute approximate surface area is 434 Å². The first kappa shape index (κ1) is 67.6. The van der Waals surface area contributed by atoms with E-state index in [9.17, 15) is 29.1 Å². The molecule has 0 radical (unpaired) electrons. The van der Waals surface area contributed by atoms with E-state index in [2.05, 4.69) is 26.6 Å². The number of amides is 6. The molecule has 0 rings (SSSR count). The standard InChI is InChI=1S/C53H102N6O13/c1-23-31-39(56-42(63)69-48(11,12)13)53(58-44(65)71-50(17,18)19,38(26-4)55-41(62)68-47(8,9)10)36(32-29-27-28-30-34-60)35-59(45(66)72-51(20,21)22)52(33-24-2,57-43(64)70-49(14,15)16)37(25-3)54-40(61)67-46(5,6)7/h36-39,60H,23-35H2,1-22H3,(H,54,61)(H,55,62)(H,56,63)(H,57,64)(H,58,65). The second kappa shape index (κ2) is 28.3. The van der Waals surface area contributed by atoms with Crippen molar-refractivity contribution in [3.05, 3.63) is 0 Å². The second-order valence-electron chi connectivity index (χ2n) is 24.8. The highest BCUT2D eigenvalue weighted by Crippen LogP contribution is 2.39. The summed E-state index contributed by atoms with van der Waals surface area (Å²) in [6, 6.07) is -3.25. The molecule has 0 fully saturated rings. The van der Waals surface area contributed by atoms with Gasteiger partial charge in [-0.1, -0.05) is 59.8 Å². The van der Waals surface area contributed by atoms with Gasteiger partial charge >= 0.3 is 36.6 Å². The molecule has 6 amide bonds. The van der Waals surface area contributed by atoms with Gasteiger partial charge in [-0.3, -0.25) is 10.2 Å². The Morgan fingerprint density at radius 1 is 0.444 bits per heavy atom. The summed E-state index contributed by atoms with van der Waals surface area (Å²) in [7, 11) is 0. The molecule has 0 aromatic heterocycles. The van der Waals surface area contributed by atoms with Crippen molar-refractivity contribution in [2.24, 2.45) is 5.92 Å². The van der Waals surface area contributed by atoms with Crippen LogP contribution in [0.5, 0.6) is 0 Å². The zero-order valence-electron chi connectivity index (χ0n) is 48.8. The Balaban J connectivity index is 9.64. The van der Waals surface area contributed by atoms with E-state index in [4.69, 9.17) is 28.4 Å². The monoisotopic (exact) mass is 1030 g/mol. The zero-order valence-corrected chi connectivity index (χ0v) is 48.8. The molecule has 0 heterocycles. The minimum absolute atomic E-state index is 0.0252. The maximum Gasteiger partial charge on any atom is 0.412 e. The summed E-state index contributed by atoms with van der Waals surface area (Å²) in [5.41, 5.74) is -9.66. The number of rotatable bonds is 24. The van der Waals surface area contributed by atoms with Crippen LogP contribution in [-0.2, 0) is 28.4 Å². The van der Waals surface area contributed by atoms with Gasteiger partial charge in [0.15, 0.2) is 0 Å². The third-order valence-electron chi connectivity index (χ3n) is 10.9. The third kappa shape index (κ3) is 25.5. The highest BCUT2D eigenvalue weighted by atomic mass is 16.6. The number of hydrogen-bond donors (Lipinski definition) is 6. The molecule has 0 aliphatic carbocycles. The van der Waals surface area contributed by atoms with Crippen LogP contribution in [0.3, 0.4) is 0 Å². The number of nitrogens with one attached hydrogen (secondary N) is 5. The van der Waals surface area contributed by atoms with Crippen LogP contribution in [0.2, 0.25) is 0 Å². The van der Waals surface area contributed by atoms with Crippen molar-refractivity contribution < 1.29 is 62.3 Å². The van der Waals surface area contributed by atoms with Crippen molar-refractivity contribution in [1.29, 1.82) is 0 Å². The normalized spacial score (nSPS) is 15.9. The van der Waals surface area contributed by atoms with E-state index in [1.54, 1.807) is 132 Å². The summed E-state index contributed by atoms with van der Waals surface area (Å²) in [5, 5.41) is 25.3. The molecule has 6 unspecified atom stereocenters. The smallest absolute Gasteiger partial charge is 0.412 e. The Morgan fingerprint density at radius 3 is 1.19 bits per heavy atom. The molecular formula is C53H102N6O13. The first-order chi connectivity index (χ1) is 32.6. The average Bonchev–Trinajstić information content (AvgIpc) is 3.14. The number of carbonyl (C=O) groups is 6. The Morgan fingerprint density at radius 2 is 0.819 bits per heavy atom. The van der Waals surface area contributed by atoms with Gasteiger partial charge < -0.3 is 54.8 Å². The Hall–Kier alpha value is -4.42. The molecule has 0 aromatic carbocycles. The first-order valence-corrected chi connectivity index (χ1v) is 26.2. The summed E-state index contributed by atoms with van der Waals surface area (Å²) >= 11 is 0. The molecular weight excluding hydrogens is 929 g/mol. The first-order valence-electron chi connectivity index (χ1n) is 26.2. The van der Waals surface area contributed by atoms with Gasteiger partial charge in [-0.05, 0) is 163 Å². The van der Waals surface area contributed by atoms with Gasteiger partial charge in [-0.2, -0.15) is 0 Å². The fourth-order valence-electron chi connectivity index (χ4n) is 8.61. The maximum atomic E-state index is 15.6. The number of unbranched alkanes of at least 4 members (excludes halogenated alkanes) is 3. The van der Waals surface area contributed by atoms with Gasteiger partial charge in [-0.15, -0.1) is 0 Å². The molecule has 72 heavy (non-hydrogen) atoms. The van der Waals surface area contributed by atoms with Crippen molar-refractivity contribution >= 4 is 36.6 Å². The molecule has 6 N–H and O–H groups in total. The average molecular weight is 1030 g/mol. The van der Waals surface area contributed by atoms with Crippen molar-refractivity contribution in [3.63, 3.8) is 0 Å². The molecule has 6 atom stereocenters. The van der Waals surface area contributed by atoms with Crippen molar-refractivity contribution in [1.82, 2.24) is 31.5 Å². The lowest BCUT2D eigenvalue weighted by Gasteiger charge is -2.55. The fraction of sp³-hybridized carbons (Fsp3) is 0.887. The number of hydrogen-bond acceptors (Lipinski definition) is 13. The van der Waals surface area contributed by atoms with Crippen molar-refractivity contribution in [2.45, 2.75) is 286 Å². The molecule has 0 aliphatic rings. The van der Waals surface area contributed by atoms with Gasteiger partial charge in [0.05, 0.1) is 23.7 Å². The highest BCUT2D eigenvalue weighted by Gasteiger charge is 2.57. The van der Waals surface area contributed by atoms with Gasteiger partial charge in [-0.25, -0.2) is 28.8 Å². The van der Waals surface area contributed by atoms with E-state index in [-0.39, 0.29) is 45.3 Å². The Kier molecular flexibility index (Phi) is 26.6. The number of ether oxygens (including phenoxy) is 6. The molecule has 0 saturated carbocycles. The van der Waals surface area contributed by atoms with Crippen molar-refractivity contribution in [2.75, 3.05) is 13.2 Å². The number of nitrogens with zero attached hydrogens (tertiary/aromatic N) is 1.